The van der Waals surface area contributed by atoms with Crippen molar-refractivity contribution < 1.29 is 8.78 Å². The number of hydrogen-bond donors (Lipinski definition) is 3. The van der Waals surface area contributed by atoms with Crippen molar-refractivity contribution >= 4 is 17.3 Å². The minimum absolute atomic E-state index is 0.00455. The van der Waals surface area contributed by atoms with Gasteiger partial charge in [-0.05, 0) is 37.2 Å². The zero-order valence-corrected chi connectivity index (χ0v) is 14.9. The van der Waals surface area contributed by atoms with Gasteiger partial charge in [0.1, 0.15) is 17.3 Å². The first-order chi connectivity index (χ1) is 13.0. The lowest BCUT2D eigenvalue weighted by atomic mass is 9.80. The maximum atomic E-state index is 14.3. The van der Waals surface area contributed by atoms with E-state index < -0.39 is 11.6 Å². The molecule has 8 heteroatoms. The zero-order valence-electron chi connectivity index (χ0n) is 14.9. The Bertz CT molecular complexity index is 867. The Kier molecular flexibility index (Phi) is 4.72. The predicted molar refractivity (Wildman–Crippen MR) is 98.6 cm³/mol. The summed E-state index contributed by atoms with van der Waals surface area (Å²) in [4.78, 5) is 11.8. The molecule has 2 aromatic heterocycles. The first kappa shape index (κ1) is 17.8. The van der Waals surface area contributed by atoms with Crippen LogP contribution in [0.5, 0.6) is 0 Å². The molecule has 3 fully saturated rings. The number of fused-ring (bicyclic) bond motifs is 4. The van der Waals surface area contributed by atoms with Crippen LogP contribution in [-0.4, -0.2) is 26.7 Å². The number of hydrogen-bond acceptors (Lipinski definition) is 6. The Hall–Kier alpha value is -2.64. The molecule has 0 spiro atoms. The summed E-state index contributed by atoms with van der Waals surface area (Å²) in [7, 11) is 0. The van der Waals surface area contributed by atoms with Crippen molar-refractivity contribution in [3.05, 3.63) is 41.5 Å². The predicted octanol–water partition coefficient (Wildman–Crippen LogP) is 3.53. The highest BCUT2D eigenvalue weighted by molar-refractivity contribution is 6.11. The molecule has 3 atom stereocenters. The molecule has 3 aliphatic rings. The van der Waals surface area contributed by atoms with Crippen LogP contribution in [0.4, 0.5) is 20.4 Å². The van der Waals surface area contributed by atoms with Gasteiger partial charge in [0, 0.05) is 11.6 Å². The monoisotopic (exact) mass is 372 g/mol. The van der Waals surface area contributed by atoms with E-state index in [4.69, 9.17) is 11.1 Å². The van der Waals surface area contributed by atoms with Crippen LogP contribution in [0.1, 0.15) is 49.9 Å². The number of anilines is 2. The van der Waals surface area contributed by atoms with Crippen LogP contribution in [0, 0.1) is 28.9 Å². The standard InChI is InChI=1S/C19H22F2N6/c20-12-7-13(17(23)24-8-12)16(22)19-25-9-14(21)18(27-19)26-15-6-10-2-1-3-11(15)5-4-10/h7-11,15,22H,1-6H2,(H2,23,24)(H,25,26,27). The van der Waals surface area contributed by atoms with Gasteiger partial charge in [-0.25, -0.2) is 23.7 Å². The number of pyridine rings is 1. The summed E-state index contributed by atoms with van der Waals surface area (Å²) in [5.74, 6) is 0.106. The fraction of sp³-hybridized carbons (Fsp3) is 0.474. The lowest BCUT2D eigenvalue weighted by Crippen LogP contribution is -2.34. The van der Waals surface area contributed by atoms with E-state index in [9.17, 15) is 8.78 Å². The second kappa shape index (κ2) is 7.17. The van der Waals surface area contributed by atoms with Crippen LogP contribution in [0.25, 0.3) is 0 Å². The molecule has 3 aliphatic carbocycles. The Balaban J connectivity index is 1.60. The summed E-state index contributed by atoms with van der Waals surface area (Å²) in [5, 5.41) is 11.5. The highest BCUT2D eigenvalue weighted by Gasteiger charge is 2.34. The average molecular weight is 372 g/mol. The van der Waals surface area contributed by atoms with E-state index in [0.29, 0.717) is 11.8 Å². The van der Waals surface area contributed by atoms with E-state index in [1.165, 1.54) is 19.3 Å². The first-order valence-electron chi connectivity index (χ1n) is 9.30. The van der Waals surface area contributed by atoms with E-state index >= 15 is 0 Å². The molecular formula is C19H22F2N6. The van der Waals surface area contributed by atoms with Crippen LogP contribution in [0.15, 0.2) is 18.5 Å². The third-order valence-corrected chi connectivity index (χ3v) is 5.73. The van der Waals surface area contributed by atoms with Crippen molar-refractivity contribution in [2.24, 2.45) is 11.8 Å². The lowest BCUT2D eigenvalue weighted by Gasteiger charge is -2.33. The summed E-state index contributed by atoms with van der Waals surface area (Å²) in [6.07, 6.45) is 9.05. The van der Waals surface area contributed by atoms with Crippen molar-refractivity contribution in [1.29, 1.82) is 5.41 Å². The van der Waals surface area contributed by atoms with Crippen molar-refractivity contribution in [2.75, 3.05) is 11.1 Å². The van der Waals surface area contributed by atoms with Crippen molar-refractivity contribution in [2.45, 2.75) is 44.6 Å². The minimum atomic E-state index is -0.612. The van der Waals surface area contributed by atoms with Gasteiger partial charge in [-0.2, -0.15) is 0 Å². The maximum Gasteiger partial charge on any atom is 0.183 e. The SMILES string of the molecule is N=C(c1ncc(F)c(NC2CC3CCCC2CC3)n1)c1cc(F)cnc1N. The molecule has 0 radical (unpaired) electrons. The molecule has 4 N–H and O–H groups in total. The molecule has 2 heterocycles. The highest BCUT2D eigenvalue weighted by atomic mass is 19.1. The zero-order chi connectivity index (χ0) is 19.0. The summed E-state index contributed by atoms with van der Waals surface area (Å²) in [6, 6.07) is 1.29. The molecule has 3 saturated carbocycles. The second-order valence-electron chi connectivity index (χ2n) is 7.47. The molecule has 142 valence electrons. The molecule has 0 aliphatic heterocycles. The van der Waals surface area contributed by atoms with Crippen LogP contribution in [0.2, 0.25) is 0 Å². The Morgan fingerprint density at radius 3 is 2.85 bits per heavy atom. The van der Waals surface area contributed by atoms with Gasteiger partial charge in [0.15, 0.2) is 17.5 Å². The summed E-state index contributed by atoms with van der Waals surface area (Å²) in [5.41, 5.74) is 5.63. The normalized spacial score (nSPS) is 24.4. The average Bonchev–Trinajstić information content (AvgIpc) is 3.00. The van der Waals surface area contributed by atoms with E-state index in [0.717, 1.165) is 37.7 Å². The van der Waals surface area contributed by atoms with Gasteiger partial charge in [0.2, 0.25) is 0 Å². The van der Waals surface area contributed by atoms with Crippen molar-refractivity contribution in [3.8, 4) is 0 Å². The summed E-state index contributed by atoms with van der Waals surface area (Å²) >= 11 is 0. The molecule has 27 heavy (non-hydrogen) atoms. The van der Waals surface area contributed by atoms with Gasteiger partial charge in [0.25, 0.3) is 0 Å². The molecule has 2 aromatic rings. The van der Waals surface area contributed by atoms with Gasteiger partial charge < -0.3 is 11.1 Å². The number of nitrogen functional groups attached to an aromatic ring is 1. The Labute approximate surface area is 156 Å². The molecule has 0 saturated heterocycles. The van der Waals surface area contributed by atoms with E-state index in [1.807, 2.05) is 0 Å². The summed E-state index contributed by atoms with van der Waals surface area (Å²) < 4.78 is 27.8. The third-order valence-electron chi connectivity index (χ3n) is 5.73. The lowest BCUT2D eigenvalue weighted by molar-refractivity contribution is 0.279. The first-order valence-corrected chi connectivity index (χ1v) is 9.30. The molecule has 3 unspecified atom stereocenters. The number of nitrogens with one attached hydrogen (secondary N) is 2. The van der Waals surface area contributed by atoms with E-state index in [2.05, 4.69) is 20.3 Å². The van der Waals surface area contributed by atoms with Crippen LogP contribution in [-0.2, 0) is 0 Å². The fourth-order valence-corrected chi connectivity index (χ4v) is 4.31. The topological polar surface area (TPSA) is 101 Å². The van der Waals surface area contributed by atoms with Gasteiger partial charge in [-0.15, -0.1) is 0 Å². The number of aromatic nitrogens is 3. The number of rotatable bonds is 4. The largest absolute Gasteiger partial charge is 0.383 e. The second-order valence-corrected chi connectivity index (χ2v) is 7.47. The third kappa shape index (κ3) is 3.61. The Morgan fingerprint density at radius 1 is 1.15 bits per heavy atom. The summed E-state index contributed by atoms with van der Waals surface area (Å²) in [6.45, 7) is 0. The van der Waals surface area contributed by atoms with Gasteiger partial charge in [-0.1, -0.05) is 19.3 Å². The fourth-order valence-electron chi connectivity index (χ4n) is 4.31. The number of halogens is 2. The number of nitrogens with two attached hydrogens (primary N) is 1. The highest BCUT2D eigenvalue weighted by Crippen LogP contribution is 2.40. The molecule has 0 amide bonds. The van der Waals surface area contributed by atoms with E-state index in [-0.39, 0.29) is 34.8 Å². The smallest absolute Gasteiger partial charge is 0.183 e. The van der Waals surface area contributed by atoms with Crippen molar-refractivity contribution in [3.63, 3.8) is 0 Å². The maximum absolute atomic E-state index is 14.3. The van der Waals surface area contributed by atoms with Crippen LogP contribution in [0.3, 0.4) is 0 Å². The van der Waals surface area contributed by atoms with Gasteiger partial charge >= 0.3 is 0 Å². The van der Waals surface area contributed by atoms with Crippen LogP contribution < -0.4 is 11.1 Å². The number of nitrogens with zero attached hydrogens (tertiary/aromatic N) is 3. The van der Waals surface area contributed by atoms with Gasteiger partial charge in [0.05, 0.1) is 12.4 Å². The minimum Gasteiger partial charge on any atom is -0.383 e. The quantitative estimate of drug-likeness (QED) is 0.713. The molecule has 5 rings (SSSR count). The van der Waals surface area contributed by atoms with Gasteiger partial charge in [-0.3, -0.25) is 5.41 Å². The molecule has 6 nitrogen and oxygen atoms in total. The molecular weight excluding hydrogens is 350 g/mol. The molecule has 0 aromatic carbocycles. The Morgan fingerprint density at radius 2 is 2.00 bits per heavy atom. The van der Waals surface area contributed by atoms with E-state index in [1.54, 1.807) is 0 Å². The van der Waals surface area contributed by atoms with Crippen molar-refractivity contribution in [1.82, 2.24) is 15.0 Å². The molecule has 2 bridgehead atoms. The van der Waals surface area contributed by atoms with Crippen LogP contribution >= 0.6 is 0 Å².